The molecule has 2 heterocycles. The molecule has 7 nitrogen and oxygen atoms in total. The van der Waals surface area contributed by atoms with Crippen molar-refractivity contribution in [3.8, 4) is 0 Å². The van der Waals surface area contributed by atoms with Gasteiger partial charge in [0.2, 0.25) is 5.91 Å². The van der Waals surface area contributed by atoms with E-state index in [0.717, 1.165) is 0 Å². The number of nitrogens with zero attached hydrogens (tertiary/aromatic N) is 5. The summed E-state index contributed by atoms with van der Waals surface area (Å²) in [6.45, 7) is 1.71. The van der Waals surface area contributed by atoms with Gasteiger partial charge in [-0.15, -0.1) is 0 Å². The lowest BCUT2D eigenvalue weighted by Gasteiger charge is -2.11. The van der Waals surface area contributed by atoms with E-state index in [9.17, 15) is 4.79 Å². The zero-order chi connectivity index (χ0) is 13.1. The fourth-order valence-corrected chi connectivity index (χ4v) is 2.10. The molecule has 0 aliphatic heterocycles. The molecule has 1 unspecified atom stereocenters. The van der Waals surface area contributed by atoms with Crippen LogP contribution in [0.15, 0.2) is 28.1 Å². The normalized spacial score (nSPS) is 12.2. The Morgan fingerprint density at radius 2 is 2.28 bits per heavy atom. The second kappa shape index (κ2) is 5.53. The van der Waals surface area contributed by atoms with Crippen LogP contribution in [0, 0.1) is 0 Å². The van der Waals surface area contributed by atoms with Crippen LogP contribution in [0.3, 0.4) is 0 Å². The summed E-state index contributed by atoms with van der Waals surface area (Å²) in [5, 5.41) is 6.56. The highest BCUT2D eigenvalue weighted by Crippen LogP contribution is 2.20. The molecule has 1 atom stereocenters. The Kier molecular flexibility index (Phi) is 4.02. The molecule has 9 heteroatoms. The van der Waals surface area contributed by atoms with Gasteiger partial charge >= 0.3 is 0 Å². The monoisotopic (exact) mass is 374 g/mol. The van der Waals surface area contributed by atoms with Gasteiger partial charge in [-0.05, 0) is 38.8 Å². The molecule has 0 aliphatic rings. The number of nitrogens with one attached hydrogen (secondary N) is 1. The molecule has 0 fully saturated rings. The number of carbonyl (C=O) groups excluding carboxylic acids is 1. The van der Waals surface area contributed by atoms with E-state index in [2.05, 4.69) is 57.2 Å². The van der Waals surface area contributed by atoms with Crippen LogP contribution in [-0.4, -0.2) is 30.6 Å². The average molecular weight is 376 g/mol. The third-order valence-electron chi connectivity index (χ3n) is 2.16. The van der Waals surface area contributed by atoms with Crippen molar-refractivity contribution in [2.24, 2.45) is 0 Å². The molecular formula is C9H8Br2N6O. The maximum absolute atomic E-state index is 11.9. The molecule has 18 heavy (non-hydrogen) atoms. The van der Waals surface area contributed by atoms with Gasteiger partial charge in [0.05, 0.1) is 6.20 Å². The molecule has 0 radical (unpaired) electrons. The summed E-state index contributed by atoms with van der Waals surface area (Å²) in [5.74, 6) is 0.105. The molecule has 1 amide bonds. The molecule has 2 aromatic rings. The van der Waals surface area contributed by atoms with Crippen LogP contribution in [0.1, 0.15) is 13.0 Å². The summed E-state index contributed by atoms with van der Waals surface area (Å²) in [7, 11) is 0. The topological polar surface area (TPSA) is 85.6 Å². The van der Waals surface area contributed by atoms with Crippen molar-refractivity contribution in [3.63, 3.8) is 0 Å². The third-order valence-corrected chi connectivity index (χ3v) is 3.09. The fraction of sp³-hybridized carbons (Fsp3) is 0.222. The van der Waals surface area contributed by atoms with Gasteiger partial charge in [-0.25, -0.2) is 19.6 Å². The number of hydrogen-bond donors (Lipinski definition) is 1. The molecule has 0 saturated carbocycles. The van der Waals surface area contributed by atoms with Crippen LogP contribution in [0.25, 0.3) is 0 Å². The van der Waals surface area contributed by atoms with E-state index in [4.69, 9.17) is 0 Å². The first-order chi connectivity index (χ1) is 8.58. The standard InChI is InChI=1S/C9H8Br2N6O/c1-5(17-4-12-3-14-17)9(18)16-8-7(11)15-6(10)2-13-8/h2-5H,1H3,(H,13,16,18). The minimum absolute atomic E-state index is 0.252. The minimum atomic E-state index is -0.482. The van der Waals surface area contributed by atoms with Crippen molar-refractivity contribution in [3.05, 3.63) is 28.1 Å². The van der Waals surface area contributed by atoms with E-state index < -0.39 is 6.04 Å². The smallest absolute Gasteiger partial charge is 0.250 e. The zero-order valence-corrected chi connectivity index (χ0v) is 12.4. The van der Waals surface area contributed by atoms with Crippen LogP contribution >= 0.6 is 31.9 Å². The number of amides is 1. The van der Waals surface area contributed by atoms with Gasteiger partial charge in [-0.1, -0.05) is 0 Å². The highest BCUT2D eigenvalue weighted by atomic mass is 79.9. The first kappa shape index (κ1) is 13.1. The van der Waals surface area contributed by atoms with Crippen molar-refractivity contribution < 1.29 is 4.79 Å². The average Bonchev–Trinajstić information content (AvgIpc) is 2.85. The van der Waals surface area contributed by atoms with Crippen LogP contribution < -0.4 is 5.32 Å². The number of anilines is 1. The van der Waals surface area contributed by atoms with Gasteiger partial charge < -0.3 is 5.32 Å². The molecule has 0 bridgehead atoms. The van der Waals surface area contributed by atoms with Crippen molar-refractivity contribution in [1.82, 2.24) is 24.7 Å². The molecule has 0 spiro atoms. The predicted molar refractivity (Wildman–Crippen MR) is 70.8 cm³/mol. The predicted octanol–water partition coefficient (Wildman–Crippen LogP) is 1.79. The second-order valence-corrected chi connectivity index (χ2v) is 4.94. The first-order valence-electron chi connectivity index (χ1n) is 4.91. The van der Waals surface area contributed by atoms with E-state index in [1.807, 2.05) is 0 Å². The zero-order valence-electron chi connectivity index (χ0n) is 9.21. The van der Waals surface area contributed by atoms with Gasteiger partial charge in [0.1, 0.15) is 27.9 Å². The Morgan fingerprint density at radius 1 is 1.50 bits per heavy atom. The quantitative estimate of drug-likeness (QED) is 0.883. The summed E-state index contributed by atoms with van der Waals surface area (Å²) in [5.41, 5.74) is 0. The van der Waals surface area contributed by atoms with Gasteiger partial charge in [0.25, 0.3) is 0 Å². The van der Waals surface area contributed by atoms with E-state index >= 15 is 0 Å². The lowest BCUT2D eigenvalue weighted by molar-refractivity contribution is -0.119. The van der Waals surface area contributed by atoms with Gasteiger partial charge in [0, 0.05) is 0 Å². The molecule has 1 N–H and O–H groups in total. The van der Waals surface area contributed by atoms with E-state index in [0.29, 0.717) is 15.0 Å². The molecule has 2 rings (SSSR count). The lowest BCUT2D eigenvalue weighted by atomic mass is 10.3. The van der Waals surface area contributed by atoms with E-state index in [-0.39, 0.29) is 5.91 Å². The first-order valence-corrected chi connectivity index (χ1v) is 6.49. The molecule has 94 valence electrons. The summed E-state index contributed by atoms with van der Waals surface area (Å²) in [4.78, 5) is 23.9. The fourth-order valence-electron chi connectivity index (χ4n) is 1.19. The largest absolute Gasteiger partial charge is 0.307 e. The molecule has 2 aromatic heterocycles. The van der Waals surface area contributed by atoms with Gasteiger partial charge in [-0.3, -0.25) is 4.79 Å². The number of rotatable bonds is 3. The number of carbonyl (C=O) groups is 1. The van der Waals surface area contributed by atoms with Gasteiger partial charge in [-0.2, -0.15) is 5.10 Å². The van der Waals surface area contributed by atoms with E-state index in [1.54, 1.807) is 6.92 Å². The van der Waals surface area contributed by atoms with Crippen LogP contribution in [0.2, 0.25) is 0 Å². The van der Waals surface area contributed by atoms with Crippen molar-refractivity contribution >= 4 is 43.6 Å². The second-order valence-electron chi connectivity index (χ2n) is 3.37. The Hall–Kier alpha value is -1.35. The number of aromatic nitrogens is 5. The lowest BCUT2D eigenvalue weighted by Crippen LogP contribution is -2.24. The Labute approximate surface area is 119 Å². The summed E-state index contributed by atoms with van der Waals surface area (Å²) in [6, 6.07) is -0.482. The minimum Gasteiger partial charge on any atom is -0.307 e. The van der Waals surface area contributed by atoms with Crippen LogP contribution in [0.5, 0.6) is 0 Å². The molecule has 0 aromatic carbocycles. The van der Waals surface area contributed by atoms with E-state index in [1.165, 1.54) is 23.5 Å². The highest BCUT2D eigenvalue weighted by Gasteiger charge is 2.17. The summed E-state index contributed by atoms with van der Waals surface area (Å²) < 4.78 is 2.49. The maximum Gasteiger partial charge on any atom is 0.250 e. The molecule has 0 saturated heterocycles. The SMILES string of the molecule is CC(C(=O)Nc1ncc(Br)nc1Br)n1cncn1. The van der Waals surface area contributed by atoms with Gasteiger partial charge in [0.15, 0.2) is 5.82 Å². The maximum atomic E-state index is 11.9. The Bertz CT molecular complexity index is 558. The van der Waals surface area contributed by atoms with Crippen LogP contribution in [0.4, 0.5) is 5.82 Å². The van der Waals surface area contributed by atoms with Crippen LogP contribution in [-0.2, 0) is 4.79 Å². The summed E-state index contributed by atoms with van der Waals surface area (Å²) in [6.07, 6.45) is 4.35. The highest BCUT2D eigenvalue weighted by molar-refractivity contribution is 9.11. The number of halogens is 2. The molecule has 0 aliphatic carbocycles. The number of hydrogen-bond acceptors (Lipinski definition) is 5. The van der Waals surface area contributed by atoms with Crippen molar-refractivity contribution in [2.45, 2.75) is 13.0 Å². The Morgan fingerprint density at radius 3 is 2.89 bits per heavy atom. The summed E-state index contributed by atoms with van der Waals surface area (Å²) >= 11 is 6.40. The third kappa shape index (κ3) is 2.91. The van der Waals surface area contributed by atoms with Crippen molar-refractivity contribution in [1.29, 1.82) is 0 Å². The Balaban J connectivity index is 2.12. The molecular weight excluding hydrogens is 368 g/mol. The van der Waals surface area contributed by atoms with Crippen molar-refractivity contribution in [2.75, 3.05) is 5.32 Å².